The van der Waals surface area contributed by atoms with Gasteiger partial charge in [0.1, 0.15) is 5.75 Å². The highest BCUT2D eigenvalue weighted by molar-refractivity contribution is 6.31. The number of carboxylic acids is 1. The number of nitrogens with zero attached hydrogens (tertiary/aromatic N) is 1. The number of urea groups is 1. The normalized spacial score (nSPS) is 11.2. The summed E-state index contributed by atoms with van der Waals surface area (Å²) in [5.41, 5.74) is -0.944. The second-order valence-electron chi connectivity index (χ2n) is 8.33. The average molecular weight is 509 g/mol. The number of rotatable bonds is 6. The lowest BCUT2D eigenvalue weighted by atomic mass is 10.1. The molecule has 0 unspecified atom stereocenters. The molecule has 2 amide bonds. The molecule has 4 aromatic rings. The fourth-order valence-electron chi connectivity index (χ4n) is 3.35. The minimum atomic E-state index is -1.39. The van der Waals surface area contributed by atoms with Gasteiger partial charge in [0, 0.05) is 16.4 Å². The molecule has 0 aliphatic heterocycles. The highest BCUT2D eigenvalue weighted by Gasteiger charge is 2.29. The van der Waals surface area contributed by atoms with Gasteiger partial charge in [-0.15, -0.1) is 0 Å². The number of benzene rings is 3. The highest BCUT2D eigenvalue weighted by Crippen LogP contribution is 2.21. The van der Waals surface area contributed by atoms with Crippen LogP contribution >= 0.6 is 11.6 Å². The molecule has 4 N–H and O–H groups in total. The van der Waals surface area contributed by atoms with Crippen LogP contribution in [0.5, 0.6) is 5.75 Å². The smallest absolute Gasteiger partial charge is 0.347 e. The van der Waals surface area contributed by atoms with Crippen LogP contribution in [-0.2, 0) is 4.79 Å². The topological polar surface area (TPSA) is 143 Å². The molecular weight excluding hydrogens is 488 g/mol. The number of H-pyrrole nitrogens is 1. The predicted molar refractivity (Wildman–Crippen MR) is 137 cm³/mol. The van der Waals surface area contributed by atoms with E-state index in [-0.39, 0.29) is 5.39 Å². The van der Waals surface area contributed by atoms with E-state index in [1.54, 1.807) is 48.5 Å². The number of amides is 2. The minimum Gasteiger partial charge on any atom is -0.478 e. The molecule has 10 nitrogen and oxygen atoms in total. The molecule has 0 fully saturated rings. The maximum absolute atomic E-state index is 12.9. The molecule has 0 aliphatic rings. The Bertz CT molecular complexity index is 1570. The van der Waals surface area contributed by atoms with Gasteiger partial charge in [-0.2, -0.15) is 0 Å². The average Bonchev–Trinajstić information content (AvgIpc) is 2.82. The third kappa shape index (κ3) is 5.23. The molecule has 0 atom stereocenters. The van der Waals surface area contributed by atoms with Crippen LogP contribution in [-0.4, -0.2) is 32.3 Å². The fourth-order valence-corrected chi connectivity index (χ4v) is 3.52. The van der Waals surface area contributed by atoms with Crippen molar-refractivity contribution >= 4 is 45.9 Å². The molecule has 0 spiro atoms. The zero-order chi connectivity index (χ0) is 26.0. The molecule has 1 heterocycles. The number of carbonyl (C=O) groups excluding carboxylic acids is 1. The molecule has 11 heteroatoms. The van der Waals surface area contributed by atoms with Crippen molar-refractivity contribution in [3.8, 4) is 11.4 Å². The van der Waals surface area contributed by atoms with Gasteiger partial charge in [0.15, 0.2) is 5.60 Å². The van der Waals surface area contributed by atoms with E-state index in [4.69, 9.17) is 21.4 Å². The number of carbonyl (C=O) groups is 2. The number of carboxylic acid groups (broad SMARTS) is 1. The number of aromatic nitrogens is 2. The van der Waals surface area contributed by atoms with Crippen LogP contribution in [0.25, 0.3) is 16.6 Å². The van der Waals surface area contributed by atoms with Gasteiger partial charge in [0.25, 0.3) is 5.56 Å². The summed E-state index contributed by atoms with van der Waals surface area (Å²) in [5, 5.41) is 15.1. The lowest BCUT2D eigenvalue weighted by molar-refractivity contribution is -0.152. The van der Waals surface area contributed by atoms with Crippen molar-refractivity contribution in [2.45, 2.75) is 19.4 Å². The SMILES string of the molecule is CC(C)(Oc1ccc(NC(=O)Nc2ccc(-n3c(=O)[nH]c4ccc(Cl)cc4c3=O)cc2)cc1)C(=O)O. The summed E-state index contributed by atoms with van der Waals surface area (Å²) in [7, 11) is 0. The van der Waals surface area contributed by atoms with Crippen molar-refractivity contribution in [1.29, 1.82) is 0 Å². The van der Waals surface area contributed by atoms with Crippen molar-refractivity contribution in [1.82, 2.24) is 9.55 Å². The van der Waals surface area contributed by atoms with E-state index in [0.29, 0.717) is 33.4 Å². The molecule has 0 bridgehead atoms. The van der Waals surface area contributed by atoms with Crippen molar-refractivity contribution in [2.75, 3.05) is 10.6 Å². The van der Waals surface area contributed by atoms with E-state index in [1.165, 1.54) is 32.0 Å². The van der Waals surface area contributed by atoms with Gasteiger partial charge in [-0.25, -0.2) is 19.0 Å². The zero-order valence-corrected chi connectivity index (χ0v) is 19.9. The number of aliphatic carboxylic acids is 1. The largest absolute Gasteiger partial charge is 0.478 e. The molecule has 0 saturated carbocycles. The Morgan fingerprint density at radius 2 is 1.53 bits per heavy atom. The van der Waals surface area contributed by atoms with E-state index < -0.39 is 28.9 Å². The molecule has 36 heavy (non-hydrogen) atoms. The summed E-state index contributed by atoms with van der Waals surface area (Å²) >= 11 is 5.99. The number of hydrogen-bond acceptors (Lipinski definition) is 5. The van der Waals surface area contributed by atoms with Crippen molar-refractivity contribution in [3.05, 3.63) is 92.6 Å². The van der Waals surface area contributed by atoms with E-state index >= 15 is 0 Å². The van der Waals surface area contributed by atoms with Crippen LogP contribution in [0.15, 0.2) is 76.3 Å². The fraction of sp³-hybridized carbons (Fsp3) is 0.120. The number of ether oxygens (including phenoxy) is 1. The molecule has 0 saturated heterocycles. The molecule has 184 valence electrons. The lowest BCUT2D eigenvalue weighted by Crippen LogP contribution is -2.37. The summed E-state index contributed by atoms with van der Waals surface area (Å²) in [6.07, 6.45) is 0. The molecule has 3 aromatic carbocycles. The van der Waals surface area contributed by atoms with Crippen LogP contribution < -0.4 is 26.6 Å². The van der Waals surface area contributed by atoms with Crippen molar-refractivity contribution in [2.24, 2.45) is 0 Å². The maximum atomic E-state index is 12.9. The van der Waals surface area contributed by atoms with Crippen LogP contribution in [0.3, 0.4) is 0 Å². The van der Waals surface area contributed by atoms with Gasteiger partial charge in [-0.3, -0.25) is 4.79 Å². The first-order valence-corrected chi connectivity index (χ1v) is 11.1. The second-order valence-corrected chi connectivity index (χ2v) is 8.76. The van der Waals surface area contributed by atoms with Crippen LogP contribution in [0.2, 0.25) is 5.02 Å². The van der Waals surface area contributed by atoms with E-state index in [0.717, 1.165) is 4.57 Å². The predicted octanol–water partition coefficient (Wildman–Crippen LogP) is 4.22. The first kappa shape index (κ1) is 24.6. The van der Waals surface area contributed by atoms with Crippen molar-refractivity contribution < 1.29 is 19.4 Å². The minimum absolute atomic E-state index is 0.270. The van der Waals surface area contributed by atoms with Gasteiger partial charge in [0.05, 0.1) is 16.6 Å². The van der Waals surface area contributed by atoms with Gasteiger partial charge in [0.2, 0.25) is 0 Å². The number of aromatic amines is 1. The Hall–Kier alpha value is -4.57. The first-order chi connectivity index (χ1) is 17.0. The summed E-state index contributed by atoms with van der Waals surface area (Å²) in [4.78, 5) is 51.6. The van der Waals surface area contributed by atoms with Crippen LogP contribution in [0, 0.1) is 0 Å². The Morgan fingerprint density at radius 3 is 2.11 bits per heavy atom. The number of fused-ring (bicyclic) bond motifs is 1. The highest BCUT2D eigenvalue weighted by atomic mass is 35.5. The number of halogens is 1. The van der Waals surface area contributed by atoms with E-state index in [2.05, 4.69) is 15.6 Å². The van der Waals surface area contributed by atoms with Gasteiger partial charge in [-0.05, 0) is 80.6 Å². The Kier molecular flexibility index (Phi) is 6.54. The molecule has 1 aromatic heterocycles. The van der Waals surface area contributed by atoms with E-state index in [1.807, 2.05) is 0 Å². The Labute approximate surface area is 209 Å². The molecule has 0 aliphatic carbocycles. The summed E-state index contributed by atoms with van der Waals surface area (Å²) in [6, 6.07) is 16.5. The number of nitrogens with one attached hydrogen (secondary N) is 3. The van der Waals surface area contributed by atoms with Crippen LogP contribution in [0.4, 0.5) is 16.2 Å². The van der Waals surface area contributed by atoms with Gasteiger partial charge in [-0.1, -0.05) is 11.6 Å². The monoisotopic (exact) mass is 508 g/mol. The molecule has 0 radical (unpaired) electrons. The Morgan fingerprint density at radius 1 is 0.944 bits per heavy atom. The van der Waals surface area contributed by atoms with E-state index in [9.17, 15) is 19.2 Å². The van der Waals surface area contributed by atoms with Crippen LogP contribution in [0.1, 0.15) is 13.8 Å². The third-order valence-electron chi connectivity index (χ3n) is 5.24. The zero-order valence-electron chi connectivity index (χ0n) is 19.2. The summed E-state index contributed by atoms with van der Waals surface area (Å²) in [6.45, 7) is 2.87. The Balaban J connectivity index is 1.45. The summed E-state index contributed by atoms with van der Waals surface area (Å²) in [5.74, 6) is -0.764. The first-order valence-electron chi connectivity index (χ1n) is 10.7. The second kappa shape index (κ2) is 9.59. The third-order valence-corrected chi connectivity index (χ3v) is 5.48. The number of hydrogen-bond donors (Lipinski definition) is 4. The molecule has 4 rings (SSSR count). The van der Waals surface area contributed by atoms with Crippen molar-refractivity contribution in [3.63, 3.8) is 0 Å². The number of anilines is 2. The quantitative estimate of drug-likeness (QED) is 0.307. The van der Waals surface area contributed by atoms with Gasteiger partial charge >= 0.3 is 17.7 Å². The summed E-state index contributed by atoms with van der Waals surface area (Å²) < 4.78 is 6.41. The van der Waals surface area contributed by atoms with Gasteiger partial charge < -0.3 is 25.5 Å². The lowest BCUT2D eigenvalue weighted by Gasteiger charge is -2.21. The maximum Gasteiger partial charge on any atom is 0.347 e. The molecular formula is C25H21ClN4O6. The standard InChI is InChI=1S/C25H21ClN4O6/c1-25(2,22(32)33)36-18-10-6-16(7-11-18)28-23(34)27-15-4-8-17(9-5-15)30-21(31)19-13-14(26)3-12-20(19)29-24(30)35/h3-13H,1-2H3,(H,29,35)(H,32,33)(H2,27,28,34).